The number of benzene rings is 2. The average molecular weight is 290 g/mol. The van der Waals surface area contributed by atoms with Gasteiger partial charge >= 0.3 is 0 Å². The highest BCUT2D eigenvalue weighted by Crippen LogP contribution is 2.20. The van der Waals surface area contributed by atoms with E-state index < -0.39 is 0 Å². The average Bonchev–Trinajstić information content (AvgIpc) is 2.59. The van der Waals surface area contributed by atoms with Crippen LogP contribution in [0.15, 0.2) is 72.8 Å². The van der Waals surface area contributed by atoms with E-state index in [1.165, 1.54) is 0 Å². The molecule has 0 spiro atoms. The number of carbonyl (C=O) groups is 1. The van der Waals surface area contributed by atoms with E-state index in [4.69, 9.17) is 0 Å². The maximum atomic E-state index is 12.4. The molecule has 0 saturated carbocycles. The fourth-order valence-corrected chi connectivity index (χ4v) is 2.47. The molecule has 0 atom stereocenters. The molecule has 2 rings (SSSR count). The minimum Gasteiger partial charge on any atom is -0.290 e. The topological polar surface area (TPSA) is 17.1 Å². The first-order chi connectivity index (χ1) is 10.7. The van der Waals surface area contributed by atoms with Crippen LogP contribution in [0.2, 0.25) is 0 Å². The van der Waals surface area contributed by atoms with Crippen LogP contribution in [0.25, 0.3) is 11.1 Å². The first-order valence-corrected chi connectivity index (χ1v) is 7.80. The summed E-state index contributed by atoms with van der Waals surface area (Å²) in [7, 11) is 0. The lowest BCUT2D eigenvalue weighted by molar-refractivity contribution is -0.110. The summed E-state index contributed by atoms with van der Waals surface area (Å²) in [6, 6.07) is 20.2. The molecule has 0 aliphatic heterocycles. The fourth-order valence-electron chi connectivity index (χ4n) is 2.47. The summed E-state index contributed by atoms with van der Waals surface area (Å²) < 4.78 is 0. The Morgan fingerprint density at radius 2 is 1.09 bits per heavy atom. The molecule has 0 aromatic heterocycles. The van der Waals surface area contributed by atoms with Crippen molar-refractivity contribution in [3.05, 3.63) is 83.9 Å². The molecule has 0 unspecified atom stereocenters. The van der Waals surface area contributed by atoms with Crippen LogP contribution in [-0.2, 0) is 4.79 Å². The molecular weight excluding hydrogens is 268 g/mol. The third-order valence-corrected chi connectivity index (χ3v) is 3.68. The van der Waals surface area contributed by atoms with Crippen molar-refractivity contribution in [1.29, 1.82) is 0 Å². The molecule has 0 heterocycles. The van der Waals surface area contributed by atoms with E-state index in [0.29, 0.717) is 0 Å². The van der Waals surface area contributed by atoms with Crippen LogP contribution >= 0.6 is 0 Å². The van der Waals surface area contributed by atoms with Gasteiger partial charge in [-0.15, -0.1) is 0 Å². The number of carbonyl (C=O) groups excluding carboxylic acids is 1. The third kappa shape index (κ3) is 4.29. The standard InChI is InChI=1S/C21H22O/c1-3-17(19-11-7-5-8-12-19)15-21(22)16-18(4-2)20-13-9-6-10-14-20/h5-16H,3-4H2,1-2H3. The normalized spacial score (nSPS) is 12.3. The lowest BCUT2D eigenvalue weighted by Gasteiger charge is -2.06. The van der Waals surface area contributed by atoms with E-state index in [1.54, 1.807) is 12.2 Å². The Labute approximate surface area is 133 Å². The second kappa shape index (κ2) is 8.14. The molecule has 2 aromatic rings. The van der Waals surface area contributed by atoms with Gasteiger partial charge in [-0.25, -0.2) is 0 Å². The summed E-state index contributed by atoms with van der Waals surface area (Å²) in [6.07, 6.45) is 5.20. The van der Waals surface area contributed by atoms with Crippen molar-refractivity contribution in [2.24, 2.45) is 0 Å². The molecule has 0 fully saturated rings. The minimum atomic E-state index is 0.0569. The molecule has 1 heteroatoms. The Balaban J connectivity index is 2.26. The van der Waals surface area contributed by atoms with Crippen molar-refractivity contribution in [3.63, 3.8) is 0 Å². The van der Waals surface area contributed by atoms with E-state index in [-0.39, 0.29) is 5.78 Å². The summed E-state index contributed by atoms with van der Waals surface area (Å²) in [5.74, 6) is 0.0569. The van der Waals surface area contributed by atoms with Crippen LogP contribution in [0.4, 0.5) is 0 Å². The van der Waals surface area contributed by atoms with Crippen LogP contribution in [0.5, 0.6) is 0 Å². The van der Waals surface area contributed by atoms with Crippen LogP contribution in [-0.4, -0.2) is 5.78 Å². The van der Waals surface area contributed by atoms with E-state index in [1.807, 2.05) is 60.7 Å². The summed E-state index contributed by atoms with van der Waals surface area (Å²) in [6.45, 7) is 4.15. The highest BCUT2D eigenvalue weighted by Gasteiger charge is 2.04. The van der Waals surface area contributed by atoms with Gasteiger partial charge in [0, 0.05) is 0 Å². The fraction of sp³-hybridized carbons (Fsp3) is 0.190. The molecule has 0 amide bonds. The van der Waals surface area contributed by atoms with Gasteiger partial charge in [-0.1, -0.05) is 74.5 Å². The third-order valence-electron chi connectivity index (χ3n) is 3.68. The number of rotatable bonds is 6. The Hall–Kier alpha value is -2.41. The Morgan fingerprint density at radius 3 is 1.41 bits per heavy atom. The quantitative estimate of drug-likeness (QED) is 0.638. The lowest BCUT2D eigenvalue weighted by Crippen LogP contribution is -1.94. The SMILES string of the molecule is CCC(=CC(=O)C=C(CC)c1ccccc1)c1ccccc1. The van der Waals surface area contributed by atoms with E-state index in [2.05, 4.69) is 13.8 Å². The van der Waals surface area contributed by atoms with Gasteiger partial charge in [0.1, 0.15) is 0 Å². The van der Waals surface area contributed by atoms with Gasteiger partial charge in [0.2, 0.25) is 0 Å². The zero-order chi connectivity index (χ0) is 15.8. The highest BCUT2D eigenvalue weighted by molar-refractivity contribution is 6.08. The number of ketones is 1. The van der Waals surface area contributed by atoms with Crippen LogP contribution in [0.3, 0.4) is 0 Å². The molecule has 22 heavy (non-hydrogen) atoms. The second-order valence-electron chi connectivity index (χ2n) is 5.18. The van der Waals surface area contributed by atoms with Gasteiger partial charge in [0.15, 0.2) is 5.78 Å². The van der Waals surface area contributed by atoms with Crippen molar-refractivity contribution in [2.45, 2.75) is 26.7 Å². The van der Waals surface area contributed by atoms with Crippen molar-refractivity contribution >= 4 is 16.9 Å². The zero-order valence-electron chi connectivity index (χ0n) is 13.3. The number of hydrogen-bond donors (Lipinski definition) is 0. The molecule has 0 aliphatic rings. The zero-order valence-corrected chi connectivity index (χ0v) is 13.3. The molecule has 0 saturated heterocycles. The van der Waals surface area contributed by atoms with Crippen molar-refractivity contribution in [1.82, 2.24) is 0 Å². The lowest BCUT2D eigenvalue weighted by atomic mass is 9.99. The second-order valence-corrected chi connectivity index (χ2v) is 5.18. The predicted octanol–water partition coefficient (Wildman–Crippen LogP) is 5.54. The molecule has 1 nitrogen and oxygen atoms in total. The predicted molar refractivity (Wildman–Crippen MR) is 94.4 cm³/mol. The molecule has 2 aromatic carbocycles. The van der Waals surface area contributed by atoms with Gasteiger partial charge in [0.25, 0.3) is 0 Å². The van der Waals surface area contributed by atoms with E-state index in [0.717, 1.165) is 35.1 Å². The van der Waals surface area contributed by atoms with Crippen molar-refractivity contribution in [2.75, 3.05) is 0 Å². The first kappa shape index (κ1) is 16.0. The summed E-state index contributed by atoms with van der Waals surface area (Å²) in [5.41, 5.74) is 4.38. The first-order valence-electron chi connectivity index (χ1n) is 7.80. The summed E-state index contributed by atoms with van der Waals surface area (Å²) in [5, 5.41) is 0. The monoisotopic (exact) mass is 290 g/mol. The van der Waals surface area contributed by atoms with Crippen LogP contribution < -0.4 is 0 Å². The number of hydrogen-bond acceptors (Lipinski definition) is 1. The largest absolute Gasteiger partial charge is 0.290 e. The molecular formula is C21H22O. The van der Waals surface area contributed by atoms with Gasteiger partial charge in [-0.05, 0) is 47.3 Å². The summed E-state index contributed by atoms with van der Waals surface area (Å²) >= 11 is 0. The maximum absolute atomic E-state index is 12.4. The molecule has 0 bridgehead atoms. The molecule has 0 aliphatic carbocycles. The number of allylic oxidation sites excluding steroid dienone is 4. The van der Waals surface area contributed by atoms with Crippen LogP contribution in [0.1, 0.15) is 37.8 Å². The molecule has 0 N–H and O–H groups in total. The van der Waals surface area contributed by atoms with Crippen molar-refractivity contribution in [3.8, 4) is 0 Å². The van der Waals surface area contributed by atoms with E-state index in [9.17, 15) is 4.79 Å². The summed E-state index contributed by atoms with van der Waals surface area (Å²) in [4.78, 5) is 12.4. The van der Waals surface area contributed by atoms with Gasteiger partial charge in [-0.2, -0.15) is 0 Å². The van der Waals surface area contributed by atoms with Crippen LogP contribution in [0, 0.1) is 0 Å². The smallest absolute Gasteiger partial charge is 0.179 e. The van der Waals surface area contributed by atoms with Gasteiger partial charge in [-0.3, -0.25) is 4.79 Å². The highest BCUT2D eigenvalue weighted by atomic mass is 16.1. The van der Waals surface area contributed by atoms with Gasteiger partial charge < -0.3 is 0 Å². The Morgan fingerprint density at radius 1 is 0.727 bits per heavy atom. The molecule has 112 valence electrons. The maximum Gasteiger partial charge on any atom is 0.179 e. The Bertz CT molecular complexity index is 604. The minimum absolute atomic E-state index is 0.0569. The van der Waals surface area contributed by atoms with E-state index >= 15 is 0 Å². The Kier molecular flexibility index (Phi) is 5.91. The van der Waals surface area contributed by atoms with Crippen molar-refractivity contribution < 1.29 is 4.79 Å². The van der Waals surface area contributed by atoms with Gasteiger partial charge in [0.05, 0.1) is 0 Å². The molecule has 0 radical (unpaired) electrons.